The molecule has 0 amide bonds. The molecule has 0 aromatic heterocycles. The van der Waals surface area contributed by atoms with Crippen LogP contribution in [0.1, 0.15) is 628 Å². The smallest absolute Gasteiger partial charge is 0.0239 e. The Kier molecular flexibility index (Phi) is 92.9. The van der Waals surface area contributed by atoms with Crippen molar-refractivity contribution in [3.8, 4) is 0 Å². The van der Waals surface area contributed by atoms with Gasteiger partial charge in [0.15, 0.2) is 0 Å². The van der Waals surface area contributed by atoms with Crippen LogP contribution in [0.15, 0.2) is 0 Å². The van der Waals surface area contributed by atoms with Crippen LogP contribution >= 0.6 is 0 Å². The van der Waals surface area contributed by atoms with Crippen LogP contribution in [0.2, 0.25) is 0 Å². The van der Waals surface area contributed by atoms with Gasteiger partial charge < -0.3 is 16.0 Å². The summed E-state index contributed by atoms with van der Waals surface area (Å²) < 4.78 is 0. The Morgan fingerprint density at radius 3 is 0.408 bits per heavy atom. The second-order valence-corrected chi connectivity index (χ2v) is 47.1. The van der Waals surface area contributed by atoms with E-state index in [1.54, 1.807) is 0 Å². The number of hydrogen-bond donors (Lipinski definition) is 3. The molecule has 0 aromatic rings. The van der Waals surface area contributed by atoms with Crippen LogP contribution in [0.3, 0.4) is 0 Å². The summed E-state index contributed by atoms with van der Waals surface area (Å²) in [7, 11) is 0. The minimum atomic E-state index is 0.444. The zero-order chi connectivity index (χ0) is 105. The van der Waals surface area contributed by atoms with Crippen molar-refractivity contribution < 1.29 is 0 Å². The van der Waals surface area contributed by atoms with E-state index in [4.69, 9.17) is 0 Å². The number of hydrogen-bond acceptors (Lipinski definition) is 3. The fourth-order valence-electron chi connectivity index (χ4n) is 26.2. The maximum absolute atomic E-state index is 3.67. The van der Waals surface area contributed by atoms with Gasteiger partial charge in [0.05, 0.1) is 0 Å². The first-order chi connectivity index (χ1) is 60.7. The van der Waals surface area contributed by atoms with Gasteiger partial charge in [-0.2, -0.15) is 0 Å². The highest BCUT2D eigenvalue weighted by molar-refractivity contribution is 5.04. The first-order valence-electron chi connectivity index (χ1n) is 60.0. The van der Waals surface area contributed by atoms with Gasteiger partial charge in [-0.1, -0.05) is 512 Å². The van der Waals surface area contributed by atoms with Gasteiger partial charge in [0.2, 0.25) is 0 Å². The standard InChI is InChI=1S/C13H26.2C12H24.C11H22.2C10H21N.3C10H20.C9H19N.10C2H6/c1-11(2)13(12(3)4)9-7-5-6-8-10-13;2*1-10(2)12(11(3)4)8-6-5-7-9-12;1-9(2)11(10(3)4)7-5-6-8-11;1-8(2)10(9(3)4)5-6-11-7-10;1-8(2)10(9(3)4)6-5-7-11-10;1-8(2)10(6-7-10)9(3,4)5;2*1-8(2)10(9(3)4)6-5-7-10;1-7(2)9(8(3)4)5-6-10-9;10*1-2/h11-12H,5-10H2,1-4H3;2*10-11H,5-9H2,1-4H3;9-10H,5-8H2,1-4H3;2*8-9,11H,5-7H2,1-4H3;8H,6-7H2,1-5H3;2*8-9H,5-7H2,1-4H3;7-8,10H,5-6H2,1-4H3;10*1-2H3. The van der Waals surface area contributed by atoms with E-state index >= 15 is 0 Å². The molecule has 3 heterocycles. The van der Waals surface area contributed by atoms with E-state index in [2.05, 4.69) is 300 Å². The van der Waals surface area contributed by atoms with E-state index in [1.165, 1.54) is 232 Å². The van der Waals surface area contributed by atoms with Crippen LogP contribution in [0.5, 0.6) is 0 Å². The van der Waals surface area contributed by atoms with Crippen molar-refractivity contribution in [1.29, 1.82) is 0 Å². The molecule has 10 aliphatic rings. The number of nitrogens with one attached hydrogen (secondary N) is 3. The maximum Gasteiger partial charge on any atom is 0.0239 e. The Morgan fingerprint density at radius 2 is 0.331 bits per heavy atom. The van der Waals surface area contributed by atoms with Crippen molar-refractivity contribution >= 4 is 0 Å². The van der Waals surface area contributed by atoms with E-state index in [1.807, 2.05) is 138 Å². The molecular formula is C127H277N3. The summed E-state index contributed by atoms with van der Waals surface area (Å²) in [6.45, 7) is 142. The van der Waals surface area contributed by atoms with Gasteiger partial charge in [-0.05, 0) is 296 Å². The lowest BCUT2D eigenvalue weighted by atomic mass is 9.56. The first-order valence-corrected chi connectivity index (χ1v) is 60.0. The Hall–Kier alpha value is -0.120. The zero-order valence-electron chi connectivity index (χ0n) is 104. The van der Waals surface area contributed by atoms with Crippen molar-refractivity contribution in [2.24, 2.45) is 161 Å². The Labute approximate surface area is 836 Å². The molecule has 10 rings (SSSR count). The largest absolute Gasteiger partial charge is 0.316 e. The third-order valence-corrected chi connectivity index (χ3v) is 36.7. The minimum Gasteiger partial charge on any atom is -0.316 e. The topological polar surface area (TPSA) is 36.1 Å². The molecule has 3 N–H and O–H groups in total. The van der Waals surface area contributed by atoms with Crippen LogP contribution < -0.4 is 16.0 Å². The van der Waals surface area contributed by atoms with E-state index in [0.717, 1.165) is 123 Å². The molecule has 0 aromatic carbocycles. The monoisotopic (exact) mass is 1850 g/mol. The lowest BCUT2D eigenvalue weighted by Crippen LogP contribution is -2.63. The second kappa shape index (κ2) is 80.4. The van der Waals surface area contributed by atoms with Gasteiger partial charge in [-0.15, -0.1) is 0 Å². The summed E-state index contributed by atoms with van der Waals surface area (Å²) in [5, 5.41) is 10.7. The van der Waals surface area contributed by atoms with E-state index < -0.39 is 0 Å². The van der Waals surface area contributed by atoms with Gasteiger partial charge in [-0.25, -0.2) is 0 Å². The molecule has 800 valence electrons. The highest BCUT2D eigenvalue weighted by Gasteiger charge is 2.54. The lowest BCUT2D eigenvalue weighted by Gasteiger charge is -2.50. The van der Waals surface area contributed by atoms with Crippen LogP contribution in [-0.4, -0.2) is 37.3 Å². The molecule has 3 heteroatoms. The molecular weight excluding hydrogens is 1570 g/mol. The van der Waals surface area contributed by atoms with Crippen molar-refractivity contribution in [1.82, 2.24) is 16.0 Å². The molecule has 3 aliphatic heterocycles. The SMILES string of the molecule is CC.CC.CC.CC.CC.CC.CC.CC.CC.CC.CC(C)C1(C(C)(C)C)CC1.CC(C)C1(C(C)C)CCC1.CC(C)C1(C(C)C)CCC1.CC(C)C1(C(C)C)CCCC1.CC(C)C1(C(C)C)CCCCC1.CC(C)C1(C(C)C)CCCCC1.CC(C)C1(C(C)C)CCCCCC1.CC(C)C1(C(C)C)CCCN1.CC(C)C1(C(C)C)CCN1.CC(C)C1(C(C)C)CCNC1. The van der Waals surface area contributed by atoms with Crippen LogP contribution in [0, 0.1) is 161 Å². The van der Waals surface area contributed by atoms with Crippen molar-refractivity contribution in [2.75, 3.05) is 26.2 Å². The van der Waals surface area contributed by atoms with Gasteiger partial charge >= 0.3 is 0 Å². The fourth-order valence-corrected chi connectivity index (χ4v) is 26.2. The highest BCUT2D eigenvalue weighted by Crippen LogP contribution is 2.63. The first kappa shape index (κ1) is 150. The Bertz CT molecular complexity index is 1990. The molecule has 7 aliphatic carbocycles. The molecule has 10 fully saturated rings. The van der Waals surface area contributed by atoms with Crippen LogP contribution in [0.25, 0.3) is 0 Å². The van der Waals surface area contributed by atoms with Gasteiger partial charge in [0.25, 0.3) is 0 Å². The number of rotatable bonds is 19. The van der Waals surface area contributed by atoms with Crippen molar-refractivity contribution in [3.63, 3.8) is 0 Å². The average Bonchev–Trinajstić information content (AvgIpc) is 1.59. The fraction of sp³-hybridized carbons (Fsp3) is 1.00. The summed E-state index contributed by atoms with van der Waals surface area (Å²) >= 11 is 0. The van der Waals surface area contributed by atoms with Gasteiger partial charge in [0.1, 0.15) is 0 Å². The van der Waals surface area contributed by atoms with Crippen LogP contribution in [-0.2, 0) is 0 Å². The zero-order valence-corrected chi connectivity index (χ0v) is 104. The normalized spacial score (nSPS) is 20.3. The second-order valence-electron chi connectivity index (χ2n) is 47.1. The molecule has 0 bridgehead atoms. The Balaban J connectivity index is -0.000000150. The predicted molar refractivity (Wildman–Crippen MR) is 616 cm³/mol. The third kappa shape index (κ3) is 46.7. The summed E-state index contributed by atoms with van der Waals surface area (Å²) in [5.74, 6) is 16.1. The van der Waals surface area contributed by atoms with Crippen LogP contribution in [0.4, 0.5) is 0 Å². The molecule has 130 heavy (non-hydrogen) atoms. The third-order valence-electron chi connectivity index (χ3n) is 36.7. The molecule has 0 atom stereocenters. The van der Waals surface area contributed by atoms with Crippen molar-refractivity contribution in [2.45, 2.75) is 639 Å². The van der Waals surface area contributed by atoms with E-state index in [-0.39, 0.29) is 0 Å². The molecule has 0 spiro atoms. The van der Waals surface area contributed by atoms with E-state index in [9.17, 15) is 0 Å². The summed E-state index contributed by atoms with van der Waals surface area (Å²) in [5.41, 5.74) is 6.88. The minimum absolute atomic E-state index is 0.444. The molecule has 0 radical (unpaired) electrons. The molecule has 3 nitrogen and oxygen atoms in total. The van der Waals surface area contributed by atoms with E-state index in [0.29, 0.717) is 49.0 Å². The molecule has 7 saturated carbocycles. The predicted octanol–water partition coefficient (Wildman–Crippen LogP) is 44.4. The maximum atomic E-state index is 3.67. The van der Waals surface area contributed by atoms with Gasteiger partial charge in [0, 0.05) is 17.6 Å². The Morgan fingerprint density at radius 1 is 0.154 bits per heavy atom. The van der Waals surface area contributed by atoms with Crippen molar-refractivity contribution in [3.05, 3.63) is 0 Å². The molecule has 3 saturated heterocycles. The lowest BCUT2D eigenvalue weighted by molar-refractivity contribution is 0.0135. The summed E-state index contributed by atoms with van der Waals surface area (Å²) in [6.07, 6.45) is 46.6. The van der Waals surface area contributed by atoms with Gasteiger partial charge in [-0.3, -0.25) is 0 Å². The quantitative estimate of drug-likeness (QED) is 0.113. The molecule has 0 unspecified atom stereocenters. The average molecular weight is 1850 g/mol. The highest BCUT2D eigenvalue weighted by atomic mass is 15.1. The summed E-state index contributed by atoms with van der Waals surface area (Å²) in [6, 6.07) is 0. The summed E-state index contributed by atoms with van der Waals surface area (Å²) in [4.78, 5) is 0.